The molecule has 26 heavy (non-hydrogen) atoms. The second-order valence-corrected chi connectivity index (χ2v) is 7.68. The molecule has 1 atom stereocenters. The number of carbonyl (C=O) groups excluding carboxylic acids is 2. The molecule has 0 bridgehead atoms. The Balaban J connectivity index is 1.68. The fraction of sp³-hybridized carbons (Fsp3) is 0.474. The zero-order valence-electron chi connectivity index (χ0n) is 14.9. The highest BCUT2D eigenvalue weighted by atomic mass is 32.2. The van der Waals surface area contributed by atoms with Gasteiger partial charge in [-0.25, -0.2) is 0 Å². The van der Waals surface area contributed by atoms with Gasteiger partial charge in [0, 0.05) is 31.3 Å². The Kier molecular flexibility index (Phi) is 5.76. The molecule has 0 aromatic heterocycles. The van der Waals surface area contributed by atoms with Gasteiger partial charge in [0.05, 0.1) is 7.11 Å². The van der Waals surface area contributed by atoms with E-state index >= 15 is 0 Å². The van der Waals surface area contributed by atoms with Gasteiger partial charge in [0.1, 0.15) is 5.37 Å². The number of hydrogen-bond acceptors (Lipinski definition) is 5. The fourth-order valence-electron chi connectivity index (χ4n) is 3.54. The Labute approximate surface area is 157 Å². The van der Waals surface area contributed by atoms with Crippen LogP contribution < -0.4 is 4.74 Å². The molecule has 1 unspecified atom stereocenters. The highest BCUT2D eigenvalue weighted by Crippen LogP contribution is 2.42. The second-order valence-electron chi connectivity index (χ2n) is 6.49. The smallest absolute Gasteiger partial charge is 0.245 e. The summed E-state index contributed by atoms with van der Waals surface area (Å²) in [5.41, 5.74) is 0.901. The Hall–Kier alpha value is -2.15. The lowest BCUT2D eigenvalue weighted by Gasteiger charge is -2.34. The van der Waals surface area contributed by atoms with Crippen molar-refractivity contribution < 1.29 is 19.4 Å². The van der Waals surface area contributed by atoms with E-state index in [9.17, 15) is 14.7 Å². The largest absolute Gasteiger partial charge is 0.504 e. The molecular formula is C19H24N2O4S. The maximum Gasteiger partial charge on any atom is 0.245 e. The van der Waals surface area contributed by atoms with Gasteiger partial charge in [-0.2, -0.15) is 0 Å². The number of phenolic OH excluding ortho intramolecular Hbond substituents is 1. The summed E-state index contributed by atoms with van der Waals surface area (Å²) in [6.45, 7) is 5.41. The van der Waals surface area contributed by atoms with E-state index in [1.54, 1.807) is 28.8 Å². The van der Waals surface area contributed by atoms with Crippen LogP contribution in [0.5, 0.6) is 11.5 Å². The predicted molar refractivity (Wildman–Crippen MR) is 101 cm³/mol. The second kappa shape index (κ2) is 8.03. The highest BCUT2D eigenvalue weighted by molar-refractivity contribution is 7.99. The van der Waals surface area contributed by atoms with Crippen molar-refractivity contribution in [2.75, 3.05) is 32.5 Å². The Morgan fingerprint density at radius 1 is 1.31 bits per heavy atom. The molecule has 2 fully saturated rings. The molecule has 0 spiro atoms. The van der Waals surface area contributed by atoms with E-state index in [0.29, 0.717) is 38.2 Å². The minimum absolute atomic E-state index is 0.0584. The summed E-state index contributed by atoms with van der Waals surface area (Å²) >= 11 is 1.70. The fourth-order valence-corrected chi connectivity index (χ4v) is 4.80. The summed E-state index contributed by atoms with van der Waals surface area (Å²) in [5.74, 6) is 1.39. The van der Waals surface area contributed by atoms with E-state index in [0.717, 1.165) is 11.3 Å². The van der Waals surface area contributed by atoms with Gasteiger partial charge >= 0.3 is 0 Å². The number of phenols is 1. The molecule has 0 aliphatic carbocycles. The van der Waals surface area contributed by atoms with Gasteiger partial charge in [-0.3, -0.25) is 9.59 Å². The molecule has 2 heterocycles. The number of methoxy groups -OCH3 is 1. The van der Waals surface area contributed by atoms with Gasteiger partial charge in [0.15, 0.2) is 11.5 Å². The number of hydrogen-bond donors (Lipinski definition) is 1. The number of benzene rings is 1. The Morgan fingerprint density at radius 3 is 2.65 bits per heavy atom. The van der Waals surface area contributed by atoms with Gasteiger partial charge in [0.2, 0.25) is 11.8 Å². The molecule has 1 N–H and O–H groups in total. The lowest BCUT2D eigenvalue weighted by molar-refractivity contribution is -0.139. The van der Waals surface area contributed by atoms with Crippen molar-refractivity contribution in [1.29, 1.82) is 0 Å². The van der Waals surface area contributed by atoms with Gasteiger partial charge in [0.25, 0.3) is 0 Å². The number of thioether (sulfide) groups is 1. The first-order valence-corrected chi connectivity index (χ1v) is 9.80. The minimum Gasteiger partial charge on any atom is -0.504 e. The molecule has 0 saturated carbocycles. The first-order chi connectivity index (χ1) is 12.5. The number of ether oxygens (including phenoxy) is 1. The molecule has 0 radical (unpaired) electrons. The van der Waals surface area contributed by atoms with E-state index in [2.05, 4.69) is 6.58 Å². The van der Waals surface area contributed by atoms with Crippen molar-refractivity contribution in [1.82, 2.24) is 9.80 Å². The summed E-state index contributed by atoms with van der Waals surface area (Å²) in [5, 5.41) is 9.96. The number of carbonyl (C=O) groups is 2. The molecule has 140 valence electrons. The van der Waals surface area contributed by atoms with Crippen molar-refractivity contribution in [3.8, 4) is 11.5 Å². The van der Waals surface area contributed by atoms with E-state index in [1.165, 1.54) is 13.2 Å². The van der Waals surface area contributed by atoms with Gasteiger partial charge < -0.3 is 19.6 Å². The number of nitrogens with zero attached hydrogens (tertiary/aromatic N) is 2. The third kappa shape index (κ3) is 3.67. The standard InChI is InChI=1S/C19H24N2O4S/c1-3-17(23)20-8-6-13(7-9-20)18(24)21-10-11-26-19(21)14-4-5-16(25-2)15(22)12-14/h3-5,12-13,19,22H,1,6-11H2,2H3. The van der Waals surface area contributed by atoms with Crippen LogP contribution in [0.15, 0.2) is 30.9 Å². The zero-order chi connectivity index (χ0) is 18.7. The third-order valence-electron chi connectivity index (χ3n) is 4.99. The van der Waals surface area contributed by atoms with Crippen LogP contribution in [-0.4, -0.2) is 59.2 Å². The van der Waals surface area contributed by atoms with Gasteiger partial charge in [-0.15, -0.1) is 11.8 Å². The number of piperidine rings is 1. The van der Waals surface area contributed by atoms with Crippen molar-refractivity contribution in [2.45, 2.75) is 18.2 Å². The summed E-state index contributed by atoms with van der Waals surface area (Å²) in [6.07, 6.45) is 2.69. The molecule has 2 aliphatic heterocycles. The molecule has 1 aromatic carbocycles. The number of aromatic hydroxyl groups is 1. The van der Waals surface area contributed by atoms with E-state index in [4.69, 9.17) is 4.74 Å². The summed E-state index contributed by atoms with van der Waals surface area (Å²) in [6, 6.07) is 5.30. The molecule has 6 nitrogen and oxygen atoms in total. The molecule has 2 saturated heterocycles. The van der Waals surface area contributed by atoms with Crippen LogP contribution in [0.4, 0.5) is 0 Å². The quantitative estimate of drug-likeness (QED) is 0.817. The summed E-state index contributed by atoms with van der Waals surface area (Å²) < 4.78 is 5.09. The molecule has 2 aliphatic rings. The molecule has 2 amide bonds. The van der Waals surface area contributed by atoms with Crippen LogP contribution in [0.1, 0.15) is 23.8 Å². The lowest BCUT2D eigenvalue weighted by atomic mass is 9.95. The predicted octanol–water partition coefficient (Wildman–Crippen LogP) is 2.40. The van der Waals surface area contributed by atoms with Crippen molar-refractivity contribution >= 4 is 23.6 Å². The maximum absolute atomic E-state index is 13.0. The molecule has 3 rings (SSSR count). The number of amides is 2. The minimum atomic E-state index is -0.0906. The normalized spacial score (nSPS) is 20.9. The van der Waals surface area contributed by atoms with Crippen molar-refractivity contribution in [3.05, 3.63) is 36.4 Å². The molecular weight excluding hydrogens is 352 g/mol. The molecule has 1 aromatic rings. The topological polar surface area (TPSA) is 70.1 Å². The SMILES string of the molecule is C=CC(=O)N1CCC(C(=O)N2CCSC2c2ccc(OC)c(O)c2)CC1. The molecule has 7 heteroatoms. The van der Waals surface area contributed by atoms with Crippen molar-refractivity contribution in [3.63, 3.8) is 0 Å². The van der Waals surface area contributed by atoms with E-state index < -0.39 is 0 Å². The van der Waals surface area contributed by atoms with E-state index in [-0.39, 0.29) is 28.9 Å². The van der Waals surface area contributed by atoms with Crippen LogP contribution in [0, 0.1) is 5.92 Å². The van der Waals surface area contributed by atoms with Crippen LogP contribution in [-0.2, 0) is 9.59 Å². The first-order valence-electron chi connectivity index (χ1n) is 8.75. The average Bonchev–Trinajstić information content (AvgIpc) is 3.16. The van der Waals surface area contributed by atoms with Crippen LogP contribution in [0.25, 0.3) is 0 Å². The monoisotopic (exact) mass is 376 g/mol. The van der Waals surface area contributed by atoms with Crippen molar-refractivity contribution in [2.24, 2.45) is 5.92 Å². The van der Waals surface area contributed by atoms with Crippen LogP contribution >= 0.6 is 11.8 Å². The maximum atomic E-state index is 13.0. The third-order valence-corrected chi connectivity index (χ3v) is 6.25. The van der Waals surface area contributed by atoms with Gasteiger partial charge in [-0.1, -0.05) is 12.6 Å². The summed E-state index contributed by atoms with van der Waals surface area (Å²) in [4.78, 5) is 28.4. The highest BCUT2D eigenvalue weighted by Gasteiger charge is 2.36. The average molecular weight is 376 g/mol. The summed E-state index contributed by atoms with van der Waals surface area (Å²) in [7, 11) is 1.51. The van der Waals surface area contributed by atoms with Crippen LogP contribution in [0.2, 0.25) is 0 Å². The lowest BCUT2D eigenvalue weighted by Crippen LogP contribution is -2.43. The number of likely N-dealkylation sites (tertiary alicyclic amines) is 1. The Bertz CT molecular complexity index is 701. The first kappa shape index (κ1) is 18.6. The van der Waals surface area contributed by atoms with Gasteiger partial charge in [-0.05, 0) is 36.6 Å². The zero-order valence-corrected chi connectivity index (χ0v) is 15.7. The van der Waals surface area contributed by atoms with E-state index in [1.807, 2.05) is 11.0 Å². The number of rotatable bonds is 4. The van der Waals surface area contributed by atoms with Crippen LogP contribution in [0.3, 0.4) is 0 Å². The Morgan fingerprint density at radius 2 is 2.04 bits per heavy atom.